The van der Waals surface area contributed by atoms with E-state index in [1.807, 2.05) is 0 Å². The molecule has 1 saturated carbocycles. The molecule has 9 nitrogen and oxygen atoms in total. The maximum Gasteiger partial charge on any atom is 0.258 e. The van der Waals surface area contributed by atoms with E-state index in [1.165, 1.54) is 30.2 Å². The van der Waals surface area contributed by atoms with Crippen LogP contribution in [0.2, 0.25) is 0 Å². The number of anilines is 2. The summed E-state index contributed by atoms with van der Waals surface area (Å²) in [7, 11) is 0. The molecule has 0 radical (unpaired) electrons. The van der Waals surface area contributed by atoms with Gasteiger partial charge >= 0.3 is 0 Å². The molecule has 0 amide bonds. The van der Waals surface area contributed by atoms with E-state index in [0.29, 0.717) is 31.2 Å². The van der Waals surface area contributed by atoms with Gasteiger partial charge in [-0.3, -0.25) is 0 Å². The molecule has 9 heteroatoms. The van der Waals surface area contributed by atoms with Gasteiger partial charge in [-0.1, -0.05) is 12.8 Å². The predicted octanol–water partition coefficient (Wildman–Crippen LogP) is 0.406. The molecular weight excluding hydrogens is 272 g/mol. The Kier molecular flexibility index (Phi) is 4.20. The van der Waals surface area contributed by atoms with Crippen LogP contribution in [0.5, 0.6) is 0 Å². The Hall–Kier alpha value is -2.29. The summed E-state index contributed by atoms with van der Waals surface area (Å²) in [5, 5.41) is 7.05. The molecule has 1 aliphatic carbocycles. The van der Waals surface area contributed by atoms with Gasteiger partial charge in [0.25, 0.3) is 5.95 Å². The van der Waals surface area contributed by atoms with Crippen molar-refractivity contribution in [3.05, 3.63) is 12.7 Å². The van der Waals surface area contributed by atoms with E-state index in [1.54, 1.807) is 0 Å². The molecule has 2 aromatic rings. The van der Waals surface area contributed by atoms with Gasteiger partial charge in [-0.25, -0.2) is 4.98 Å². The van der Waals surface area contributed by atoms with Crippen molar-refractivity contribution in [2.45, 2.75) is 31.8 Å². The minimum atomic E-state index is 0.134. The summed E-state index contributed by atoms with van der Waals surface area (Å²) in [6.07, 6.45) is 8.17. The zero-order valence-electron chi connectivity index (χ0n) is 11.6. The fraction of sp³-hybridized carbons (Fsp3) is 0.583. The summed E-state index contributed by atoms with van der Waals surface area (Å²) in [6, 6.07) is 0. The molecule has 0 saturated heterocycles. The van der Waals surface area contributed by atoms with E-state index >= 15 is 0 Å². The number of nitrogens with two attached hydrogens (primary N) is 1. The van der Waals surface area contributed by atoms with E-state index in [4.69, 9.17) is 10.5 Å². The summed E-state index contributed by atoms with van der Waals surface area (Å²) in [4.78, 5) is 16.1. The van der Waals surface area contributed by atoms with Gasteiger partial charge in [0.1, 0.15) is 12.7 Å². The van der Waals surface area contributed by atoms with Crippen molar-refractivity contribution in [3.63, 3.8) is 0 Å². The van der Waals surface area contributed by atoms with Crippen molar-refractivity contribution in [2.75, 3.05) is 24.2 Å². The standard InChI is InChI=1S/C12H18N8O/c13-10-17-11(15-5-6-21-9-3-1-2-4-9)19-12(18-10)20-8-14-7-16-20/h7-9H,1-6H2,(H3,13,15,17,18,19). The highest BCUT2D eigenvalue weighted by atomic mass is 16.5. The van der Waals surface area contributed by atoms with Crippen molar-refractivity contribution in [1.82, 2.24) is 29.7 Å². The lowest BCUT2D eigenvalue weighted by molar-refractivity contribution is 0.0658. The number of hydrogen-bond donors (Lipinski definition) is 2. The molecule has 0 spiro atoms. The summed E-state index contributed by atoms with van der Waals surface area (Å²) < 4.78 is 7.19. The first-order valence-corrected chi connectivity index (χ1v) is 7.03. The number of ether oxygens (including phenoxy) is 1. The summed E-state index contributed by atoms with van der Waals surface area (Å²) >= 11 is 0. The van der Waals surface area contributed by atoms with Gasteiger partial charge in [0.2, 0.25) is 11.9 Å². The highest BCUT2D eigenvalue weighted by Crippen LogP contribution is 2.20. The Morgan fingerprint density at radius 1 is 1.29 bits per heavy atom. The van der Waals surface area contributed by atoms with Crippen LogP contribution in [0.4, 0.5) is 11.9 Å². The van der Waals surface area contributed by atoms with E-state index in [-0.39, 0.29) is 5.95 Å². The second kappa shape index (κ2) is 6.44. The van der Waals surface area contributed by atoms with Crippen LogP contribution in [0.25, 0.3) is 5.95 Å². The molecule has 3 N–H and O–H groups in total. The summed E-state index contributed by atoms with van der Waals surface area (Å²) in [5.74, 6) is 0.872. The van der Waals surface area contributed by atoms with E-state index in [2.05, 4.69) is 30.4 Å². The second-order valence-electron chi connectivity index (χ2n) is 4.86. The quantitative estimate of drug-likeness (QED) is 0.734. The molecule has 21 heavy (non-hydrogen) atoms. The average molecular weight is 290 g/mol. The van der Waals surface area contributed by atoms with Crippen LogP contribution < -0.4 is 11.1 Å². The van der Waals surface area contributed by atoms with Crippen LogP contribution in [-0.4, -0.2) is 49.0 Å². The van der Waals surface area contributed by atoms with Crippen LogP contribution in [0, 0.1) is 0 Å². The lowest BCUT2D eigenvalue weighted by Gasteiger charge is -2.11. The Morgan fingerprint density at radius 2 is 2.14 bits per heavy atom. The zero-order valence-corrected chi connectivity index (χ0v) is 11.6. The van der Waals surface area contributed by atoms with Crippen LogP contribution in [0.3, 0.4) is 0 Å². The van der Waals surface area contributed by atoms with Gasteiger partial charge in [-0.2, -0.15) is 24.7 Å². The third-order valence-corrected chi connectivity index (χ3v) is 3.31. The molecule has 1 fully saturated rings. The normalized spacial score (nSPS) is 15.4. The molecule has 0 bridgehead atoms. The van der Waals surface area contributed by atoms with Crippen molar-refractivity contribution in [3.8, 4) is 5.95 Å². The lowest BCUT2D eigenvalue weighted by Crippen LogP contribution is -2.18. The van der Waals surface area contributed by atoms with Crippen molar-refractivity contribution < 1.29 is 4.74 Å². The van der Waals surface area contributed by atoms with Crippen LogP contribution in [-0.2, 0) is 4.74 Å². The summed E-state index contributed by atoms with van der Waals surface area (Å²) in [6.45, 7) is 1.24. The molecule has 2 aromatic heterocycles. The number of hydrogen-bond acceptors (Lipinski definition) is 8. The predicted molar refractivity (Wildman–Crippen MR) is 75.9 cm³/mol. The van der Waals surface area contributed by atoms with Crippen LogP contribution in [0.15, 0.2) is 12.7 Å². The topological polar surface area (TPSA) is 117 Å². The molecule has 1 aliphatic rings. The molecule has 2 heterocycles. The second-order valence-corrected chi connectivity index (χ2v) is 4.86. The van der Waals surface area contributed by atoms with Gasteiger partial charge in [0.15, 0.2) is 0 Å². The first kappa shape index (κ1) is 13.7. The fourth-order valence-electron chi connectivity index (χ4n) is 2.32. The summed E-state index contributed by atoms with van der Waals surface area (Å²) in [5.41, 5.74) is 5.67. The van der Waals surface area contributed by atoms with Crippen molar-refractivity contribution in [2.24, 2.45) is 0 Å². The molecule has 112 valence electrons. The first-order valence-electron chi connectivity index (χ1n) is 7.03. The molecule has 3 rings (SSSR count). The Morgan fingerprint density at radius 3 is 2.90 bits per heavy atom. The number of aromatic nitrogens is 6. The van der Waals surface area contributed by atoms with Crippen molar-refractivity contribution >= 4 is 11.9 Å². The van der Waals surface area contributed by atoms with Crippen LogP contribution >= 0.6 is 0 Å². The highest BCUT2D eigenvalue weighted by molar-refractivity contribution is 5.34. The smallest absolute Gasteiger partial charge is 0.258 e. The third-order valence-electron chi connectivity index (χ3n) is 3.31. The minimum absolute atomic E-state index is 0.134. The van der Waals surface area contributed by atoms with Crippen molar-refractivity contribution in [1.29, 1.82) is 0 Å². The molecule has 0 aliphatic heterocycles. The molecule has 0 unspecified atom stereocenters. The van der Waals surface area contributed by atoms with Crippen LogP contribution in [0.1, 0.15) is 25.7 Å². The van der Waals surface area contributed by atoms with E-state index in [9.17, 15) is 0 Å². The average Bonchev–Trinajstić information content (AvgIpc) is 3.16. The van der Waals surface area contributed by atoms with Gasteiger partial charge < -0.3 is 15.8 Å². The van der Waals surface area contributed by atoms with Gasteiger partial charge in [0.05, 0.1) is 12.7 Å². The number of nitrogens with zero attached hydrogens (tertiary/aromatic N) is 6. The highest BCUT2D eigenvalue weighted by Gasteiger charge is 2.14. The van der Waals surface area contributed by atoms with Gasteiger partial charge in [0, 0.05) is 6.54 Å². The molecule has 0 atom stereocenters. The molecular formula is C12H18N8O. The Balaban J connectivity index is 1.55. The lowest BCUT2D eigenvalue weighted by atomic mass is 10.3. The minimum Gasteiger partial charge on any atom is -0.376 e. The fourth-order valence-corrected chi connectivity index (χ4v) is 2.32. The van der Waals surface area contributed by atoms with E-state index < -0.39 is 0 Å². The maximum absolute atomic E-state index is 5.76. The third kappa shape index (κ3) is 3.63. The SMILES string of the molecule is Nc1nc(NCCOC2CCCC2)nc(-n2cncn2)n1. The number of rotatable bonds is 6. The van der Waals surface area contributed by atoms with Gasteiger partial charge in [-0.05, 0) is 12.8 Å². The Bertz CT molecular complexity index is 567. The number of nitrogens with one attached hydrogen (secondary N) is 1. The molecule has 0 aromatic carbocycles. The Labute approximate surface area is 122 Å². The van der Waals surface area contributed by atoms with E-state index in [0.717, 1.165) is 12.8 Å². The largest absolute Gasteiger partial charge is 0.376 e. The van der Waals surface area contributed by atoms with Gasteiger partial charge in [-0.15, -0.1) is 0 Å². The number of nitrogen functional groups attached to an aromatic ring is 1. The monoisotopic (exact) mass is 290 g/mol. The maximum atomic E-state index is 5.76. The first-order chi connectivity index (χ1) is 10.3. The zero-order chi connectivity index (χ0) is 14.5.